The molecule has 0 saturated carbocycles. The number of esters is 1. The molecule has 6 heteroatoms. The summed E-state index contributed by atoms with van der Waals surface area (Å²) >= 11 is 3.28. The summed E-state index contributed by atoms with van der Waals surface area (Å²) in [5, 5.41) is 3.21. The maximum atomic E-state index is 11.1. The lowest BCUT2D eigenvalue weighted by molar-refractivity contribution is -0.141. The zero-order chi connectivity index (χ0) is 12.8. The van der Waals surface area contributed by atoms with Crippen molar-refractivity contribution in [1.82, 2.24) is 4.98 Å². The molecule has 1 atom stereocenters. The molecule has 0 aliphatic carbocycles. The highest BCUT2D eigenvalue weighted by atomic mass is 32.2. The summed E-state index contributed by atoms with van der Waals surface area (Å²) in [6, 6.07) is -0.548. The van der Waals surface area contributed by atoms with Crippen molar-refractivity contribution >= 4 is 29.1 Å². The molecule has 4 nitrogen and oxygen atoms in total. The molecule has 1 heterocycles. The minimum Gasteiger partial charge on any atom is -0.468 e. The Morgan fingerprint density at radius 3 is 2.88 bits per heavy atom. The molecule has 0 aliphatic rings. The van der Waals surface area contributed by atoms with Gasteiger partial charge in [-0.05, 0) is 0 Å². The third-order valence-electron chi connectivity index (χ3n) is 2.11. The molecule has 0 radical (unpaired) electrons. The molecular formula is C11H18N2O2S2. The van der Waals surface area contributed by atoms with Gasteiger partial charge in [0.1, 0.15) is 6.04 Å². The molecule has 0 fully saturated rings. The molecule has 1 aromatic heterocycles. The molecule has 0 saturated heterocycles. The first kappa shape index (κ1) is 14.5. The maximum absolute atomic E-state index is 11.1. The van der Waals surface area contributed by atoms with Gasteiger partial charge in [-0.2, -0.15) is 11.8 Å². The summed E-state index contributed by atoms with van der Waals surface area (Å²) in [5.41, 5.74) is 6.69. The van der Waals surface area contributed by atoms with Crippen LogP contribution in [0, 0.1) is 0 Å². The Bertz CT molecular complexity index is 366. The third-order valence-corrected chi connectivity index (χ3v) is 4.40. The molecule has 96 valence electrons. The largest absolute Gasteiger partial charge is 0.468 e. The summed E-state index contributed by atoms with van der Waals surface area (Å²) in [6.45, 7) is 4.26. The average molecular weight is 274 g/mol. The monoisotopic (exact) mass is 274 g/mol. The topological polar surface area (TPSA) is 65.2 Å². The number of nitrogens with zero attached hydrogens (tertiary/aromatic N) is 1. The van der Waals surface area contributed by atoms with Crippen LogP contribution in [0.3, 0.4) is 0 Å². The van der Waals surface area contributed by atoms with Crippen molar-refractivity contribution in [3.8, 4) is 0 Å². The van der Waals surface area contributed by atoms with Crippen LogP contribution in [0.2, 0.25) is 0 Å². The van der Waals surface area contributed by atoms with Gasteiger partial charge in [0.05, 0.1) is 17.8 Å². The molecule has 17 heavy (non-hydrogen) atoms. The van der Waals surface area contributed by atoms with E-state index in [1.807, 2.05) is 0 Å². The Morgan fingerprint density at radius 2 is 2.35 bits per heavy atom. The molecule has 0 aliphatic heterocycles. The summed E-state index contributed by atoms with van der Waals surface area (Å²) in [4.78, 5) is 15.6. The second-order valence-electron chi connectivity index (χ2n) is 3.98. The maximum Gasteiger partial charge on any atom is 0.323 e. The normalized spacial score (nSPS) is 12.8. The van der Waals surface area contributed by atoms with Crippen molar-refractivity contribution in [2.24, 2.45) is 5.73 Å². The first-order valence-corrected chi connectivity index (χ1v) is 7.43. The number of carbonyl (C=O) groups is 1. The van der Waals surface area contributed by atoms with Crippen LogP contribution in [0.25, 0.3) is 0 Å². The summed E-state index contributed by atoms with van der Waals surface area (Å²) < 4.78 is 4.56. The summed E-state index contributed by atoms with van der Waals surface area (Å²) in [5.74, 6) is 1.45. The number of thiazole rings is 1. The molecule has 0 amide bonds. The number of ether oxygens (including phenoxy) is 1. The van der Waals surface area contributed by atoms with Gasteiger partial charge in [-0.3, -0.25) is 4.79 Å². The minimum atomic E-state index is -0.548. The first-order valence-electron chi connectivity index (χ1n) is 5.40. The van der Waals surface area contributed by atoms with Crippen LogP contribution in [0.1, 0.15) is 30.5 Å². The second-order valence-corrected chi connectivity index (χ2v) is 5.90. The second kappa shape index (κ2) is 6.98. The number of nitrogens with two attached hydrogens (primary N) is 1. The van der Waals surface area contributed by atoms with Gasteiger partial charge < -0.3 is 10.5 Å². The van der Waals surface area contributed by atoms with Crippen LogP contribution in [-0.2, 0) is 15.3 Å². The summed E-state index contributed by atoms with van der Waals surface area (Å²) in [6.07, 6.45) is 0. The number of methoxy groups -OCH3 is 1. The van der Waals surface area contributed by atoms with E-state index in [4.69, 9.17) is 5.73 Å². The average Bonchev–Trinajstić information content (AvgIpc) is 2.76. The zero-order valence-corrected chi connectivity index (χ0v) is 11.9. The number of hydrogen-bond acceptors (Lipinski definition) is 6. The lowest BCUT2D eigenvalue weighted by atomic mass is 10.2. The van der Waals surface area contributed by atoms with E-state index in [9.17, 15) is 4.79 Å². The lowest BCUT2D eigenvalue weighted by Crippen LogP contribution is -2.33. The van der Waals surface area contributed by atoms with Crippen molar-refractivity contribution in [3.05, 3.63) is 16.1 Å². The van der Waals surface area contributed by atoms with E-state index in [1.54, 1.807) is 23.1 Å². The highest BCUT2D eigenvalue weighted by Gasteiger charge is 2.13. The third kappa shape index (κ3) is 4.65. The van der Waals surface area contributed by atoms with Crippen LogP contribution in [0.15, 0.2) is 5.38 Å². The zero-order valence-electron chi connectivity index (χ0n) is 10.3. The quantitative estimate of drug-likeness (QED) is 0.804. The Morgan fingerprint density at radius 1 is 1.65 bits per heavy atom. The smallest absolute Gasteiger partial charge is 0.323 e. The van der Waals surface area contributed by atoms with Gasteiger partial charge >= 0.3 is 5.97 Å². The van der Waals surface area contributed by atoms with Gasteiger partial charge in [-0.15, -0.1) is 11.3 Å². The van der Waals surface area contributed by atoms with E-state index in [2.05, 4.69) is 28.9 Å². The highest BCUT2D eigenvalue weighted by molar-refractivity contribution is 7.98. The fourth-order valence-electron chi connectivity index (χ4n) is 1.16. The van der Waals surface area contributed by atoms with Crippen molar-refractivity contribution < 1.29 is 9.53 Å². The standard InChI is InChI=1S/C11H18N2O2S2/c1-7(2)10-13-8(5-17-10)4-16-6-9(12)11(14)15-3/h5,7,9H,4,6,12H2,1-3H3. The number of aromatic nitrogens is 1. The van der Waals surface area contributed by atoms with E-state index < -0.39 is 6.04 Å². The van der Waals surface area contributed by atoms with E-state index >= 15 is 0 Å². The molecular weight excluding hydrogens is 256 g/mol. The van der Waals surface area contributed by atoms with Crippen LogP contribution in [0.5, 0.6) is 0 Å². The Balaban J connectivity index is 2.33. The van der Waals surface area contributed by atoms with E-state index in [1.165, 1.54) is 7.11 Å². The van der Waals surface area contributed by atoms with E-state index in [-0.39, 0.29) is 5.97 Å². The number of thioether (sulfide) groups is 1. The van der Waals surface area contributed by atoms with Crippen molar-refractivity contribution in [1.29, 1.82) is 0 Å². The van der Waals surface area contributed by atoms with Crippen LogP contribution in [0.4, 0.5) is 0 Å². The van der Waals surface area contributed by atoms with Gasteiger partial charge in [0.25, 0.3) is 0 Å². The molecule has 1 rings (SSSR count). The predicted molar refractivity (Wildman–Crippen MR) is 72.4 cm³/mol. The fraction of sp³-hybridized carbons (Fsp3) is 0.636. The van der Waals surface area contributed by atoms with Crippen LogP contribution in [-0.4, -0.2) is 29.9 Å². The van der Waals surface area contributed by atoms with Crippen molar-refractivity contribution in [3.63, 3.8) is 0 Å². The number of carbonyl (C=O) groups excluding carboxylic acids is 1. The molecule has 1 unspecified atom stereocenters. The Hall–Kier alpha value is -0.590. The van der Waals surface area contributed by atoms with Gasteiger partial charge in [-0.1, -0.05) is 13.8 Å². The molecule has 0 aromatic carbocycles. The van der Waals surface area contributed by atoms with Crippen LogP contribution < -0.4 is 5.73 Å². The van der Waals surface area contributed by atoms with E-state index in [0.717, 1.165) is 16.5 Å². The van der Waals surface area contributed by atoms with Gasteiger partial charge in [0, 0.05) is 22.8 Å². The van der Waals surface area contributed by atoms with Gasteiger partial charge in [0.15, 0.2) is 0 Å². The predicted octanol–water partition coefficient (Wildman–Crippen LogP) is 2.00. The number of hydrogen-bond donors (Lipinski definition) is 1. The molecule has 0 bridgehead atoms. The lowest BCUT2D eigenvalue weighted by Gasteiger charge is -2.07. The van der Waals surface area contributed by atoms with Crippen LogP contribution >= 0.6 is 23.1 Å². The van der Waals surface area contributed by atoms with Gasteiger partial charge in [-0.25, -0.2) is 4.98 Å². The highest BCUT2D eigenvalue weighted by Crippen LogP contribution is 2.21. The Labute approximate surface area is 110 Å². The molecule has 1 aromatic rings. The fourth-order valence-corrected chi connectivity index (χ4v) is 2.97. The molecule has 2 N–H and O–H groups in total. The number of rotatable bonds is 6. The SMILES string of the molecule is COC(=O)C(N)CSCc1csc(C(C)C)n1. The van der Waals surface area contributed by atoms with Crippen molar-refractivity contribution in [2.75, 3.05) is 12.9 Å². The molecule has 0 spiro atoms. The first-order chi connectivity index (χ1) is 8.04. The minimum absolute atomic E-state index is 0.362. The van der Waals surface area contributed by atoms with Gasteiger partial charge in [0.2, 0.25) is 0 Å². The van der Waals surface area contributed by atoms with Crippen molar-refractivity contribution in [2.45, 2.75) is 31.6 Å². The van der Waals surface area contributed by atoms with E-state index in [0.29, 0.717) is 11.7 Å². The summed E-state index contributed by atoms with van der Waals surface area (Å²) in [7, 11) is 1.35. The Kier molecular flexibility index (Phi) is 5.94.